The third kappa shape index (κ3) is 4.96. The Morgan fingerprint density at radius 2 is 2.21 bits per heavy atom. The average Bonchev–Trinajstić information content (AvgIpc) is 2.37. The second kappa shape index (κ2) is 6.63. The molecule has 0 aliphatic heterocycles. The molecule has 5 heteroatoms. The van der Waals surface area contributed by atoms with Crippen molar-refractivity contribution in [2.24, 2.45) is 0 Å². The number of ether oxygens (including phenoxy) is 1. The lowest BCUT2D eigenvalue weighted by Crippen LogP contribution is -2.41. The van der Waals surface area contributed by atoms with E-state index < -0.39 is 17.3 Å². The summed E-state index contributed by atoms with van der Waals surface area (Å²) in [5, 5.41) is 12.6. The highest BCUT2D eigenvalue weighted by atomic mass is 19.1. The highest BCUT2D eigenvalue weighted by molar-refractivity contribution is 5.94. The van der Waals surface area contributed by atoms with Gasteiger partial charge in [0.05, 0.1) is 5.60 Å². The number of carbonyl (C=O) groups excluding carboxylic acids is 1. The lowest BCUT2D eigenvalue weighted by Gasteiger charge is -2.23. The molecule has 1 atom stereocenters. The van der Waals surface area contributed by atoms with E-state index in [9.17, 15) is 14.3 Å². The summed E-state index contributed by atoms with van der Waals surface area (Å²) in [6, 6.07) is 4.29. The number of aliphatic hydroxyl groups is 1. The van der Waals surface area contributed by atoms with Crippen LogP contribution in [0.1, 0.15) is 29.3 Å². The Balaban J connectivity index is 2.57. The number of benzene rings is 1. The molecule has 1 unspecified atom stereocenters. The standard InChI is InChI=1S/C14H20FNO3/c1-10-4-5-11(8-12(10)15)13(17)16-9-14(2,18)6-7-19-3/h4-5,8,18H,6-7,9H2,1-3H3,(H,16,17). The van der Waals surface area contributed by atoms with E-state index in [4.69, 9.17) is 4.74 Å². The van der Waals surface area contributed by atoms with Crippen molar-refractivity contribution >= 4 is 5.91 Å². The second-order valence-electron chi connectivity index (χ2n) is 4.89. The maximum Gasteiger partial charge on any atom is 0.251 e. The predicted molar refractivity (Wildman–Crippen MR) is 70.6 cm³/mol. The van der Waals surface area contributed by atoms with Crippen molar-refractivity contribution in [3.63, 3.8) is 0 Å². The van der Waals surface area contributed by atoms with Crippen LogP contribution in [0.2, 0.25) is 0 Å². The van der Waals surface area contributed by atoms with Crippen LogP contribution >= 0.6 is 0 Å². The second-order valence-corrected chi connectivity index (χ2v) is 4.89. The van der Waals surface area contributed by atoms with Crippen molar-refractivity contribution in [1.29, 1.82) is 0 Å². The van der Waals surface area contributed by atoms with E-state index in [2.05, 4.69) is 5.32 Å². The molecule has 19 heavy (non-hydrogen) atoms. The molecule has 1 aromatic rings. The van der Waals surface area contributed by atoms with Gasteiger partial charge in [-0.1, -0.05) is 6.07 Å². The molecule has 1 amide bonds. The molecule has 1 rings (SSSR count). The van der Waals surface area contributed by atoms with Crippen LogP contribution in [0.4, 0.5) is 4.39 Å². The Morgan fingerprint density at radius 1 is 1.53 bits per heavy atom. The van der Waals surface area contributed by atoms with Gasteiger partial charge in [-0.15, -0.1) is 0 Å². The molecule has 0 radical (unpaired) electrons. The number of nitrogens with one attached hydrogen (secondary N) is 1. The van der Waals surface area contributed by atoms with Gasteiger partial charge in [0.2, 0.25) is 0 Å². The molecule has 0 heterocycles. The van der Waals surface area contributed by atoms with E-state index in [1.807, 2.05) is 0 Å². The molecule has 2 N–H and O–H groups in total. The molecule has 0 fully saturated rings. The van der Waals surface area contributed by atoms with E-state index in [0.29, 0.717) is 18.6 Å². The van der Waals surface area contributed by atoms with Gasteiger partial charge < -0.3 is 15.2 Å². The van der Waals surface area contributed by atoms with Gasteiger partial charge >= 0.3 is 0 Å². The fourth-order valence-corrected chi connectivity index (χ4v) is 1.52. The zero-order valence-electron chi connectivity index (χ0n) is 11.5. The van der Waals surface area contributed by atoms with Crippen molar-refractivity contribution in [3.05, 3.63) is 35.1 Å². The monoisotopic (exact) mass is 269 g/mol. The summed E-state index contributed by atoms with van der Waals surface area (Å²) in [4.78, 5) is 11.8. The Bertz CT molecular complexity index is 446. The van der Waals surface area contributed by atoms with Gasteiger partial charge in [0.15, 0.2) is 0 Å². The van der Waals surface area contributed by atoms with E-state index in [-0.39, 0.29) is 12.1 Å². The first-order valence-corrected chi connectivity index (χ1v) is 6.11. The van der Waals surface area contributed by atoms with Crippen LogP contribution < -0.4 is 5.32 Å². The molecule has 106 valence electrons. The Labute approximate surface area is 112 Å². The number of aryl methyl sites for hydroxylation is 1. The van der Waals surface area contributed by atoms with Crippen molar-refractivity contribution in [2.75, 3.05) is 20.3 Å². The van der Waals surface area contributed by atoms with Gasteiger partial charge in [-0.05, 0) is 31.5 Å². The zero-order chi connectivity index (χ0) is 14.5. The number of amides is 1. The Kier molecular flexibility index (Phi) is 5.44. The first kappa shape index (κ1) is 15.6. The zero-order valence-corrected chi connectivity index (χ0v) is 11.5. The minimum atomic E-state index is -1.05. The minimum Gasteiger partial charge on any atom is -0.388 e. The number of carbonyl (C=O) groups is 1. The number of rotatable bonds is 6. The summed E-state index contributed by atoms with van der Waals surface area (Å²) in [5.74, 6) is -0.824. The molecule has 0 bridgehead atoms. The minimum absolute atomic E-state index is 0.0880. The molecule has 0 saturated carbocycles. The number of hydrogen-bond acceptors (Lipinski definition) is 3. The fourth-order valence-electron chi connectivity index (χ4n) is 1.52. The smallest absolute Gasteiger partial charge is 0.251 e. The van der Waals surface area contributed by atoms with Crippen molar-refractivity contribution in [2.45, 2.75) is 25.9 Å². The van der Waals surface area contributed by atoms with E-state index in [1.165, 1.54) is 6.07 Å². The Hall–Kier alpha value is -1.46. The predicted octanol–water partition coefficient (Wildman–Crippen LogP) is 1.65. The maximum atomic E-state index is 13.3. The van der Waals surface area contributed by atoms with Crippen LogP contribution in [0.15, 0.2) is 18.2 Å². The van der Waals surface area contributed by atoms with Crippen molar-refractivity contribution < 1.29 is 19.0 Å². The van der Waals surface area contributed by atoms with Gasteiger partial charge in [-0.3, -0.25) is 4.79 Å². The van der Waals surface area contributed by atoms with Crippen LogP contribution in [-0.4, -0.2) is 36.9 Å². The fraction of sp³-hybridized carbons (Fsp3) is 0.500. The first-order chi connectivity index (χ1) is 8.85. The third-order valence-electron chi connectivity index (χ3n) is 2.91. The van der Waals surface area contributed by atoms with Gasteiger partial charge in [0.1, 0.15) is 5.82 Å². The number of halogens is 1. The highest BCUT2D eigenvalue weighted by Crippen LogP contribution is 2.11. The highest BCUT2D eigenvalue weighted by Gasteiger charge is 2.21. The van der Waals surface area contributed by atoms with E-state index in [1.54, 1.807) is 33.1 Å². The van der Waals surface area contributed by atoms with Gasteiger partial charge in [-0.25, -0.2) is 4.39 Å². The van der Waals surface area contributed by atoms with Crippen LogP contribution in [0.5, 0.6) is 0 Å². The molecule has 1 aromatic carbocycles. The van der Waals surface area contributed by atoms with Gasteiger partial charge in [-0.2, -0.15) is 0 Å². The van der Waals surface area contributed by atoms with Gasteiger partial charge in [0, 0.05) is 32.2 Å². The van der Waals surface area contributed by atoms with Crippen LogP contribution in [-0.2, 0) is 4.74 Å². The SMILES string of the molecule is COCCC(C)(O)CNC(=O)c1ccc(C)c(F)c1. The summed E-state index contributed by atoms with van der Waals surface area (Å²) in [6.45, 7) is 3.74. The first-order valence-electron chi connectivity index (χ1n) is 6.11. The topological polar surface area (TPSA) is 58.6 Å². The summed E-state index contributed by atoms with van der Waals surface area (Å²) in [7, 11) is 1.55. The van der Waals surface area contributed by atoms with Gasteiger partial charge in [0.25, 0.3) is 5.91 Å². The third-order valence-corrected chi connectivity index (χ3v) is 2.91. The summed E-state index contributed by atoms with van der Waals surface area (Å²) < 4.78 is 18.2. The normalized spacial score (nSPS) is 13.9. The summed E-state index contributed by atoms with van der Waals surface area (Å²) >= 11 is 0. The Morgan fingerprint density at radius 3 is 2.79 bits per heavy atom. The van der Waals surface area contributed by atoms with Crippen molar-refractivity contribution in [3.8, 4) is 0 Å². The molecular weight excluding hydrogens is 249 g/mol. The molecular formula is C14H20FNO3. The molecule has 0 aromatic heterocycles. The van der Waals surface area contributed by atoms with Crippen molar-refractivity contribution in [1.82, 2.24) is 5.32 Å². The van der Waals surface area contributed by atoms with Crippen LogP contribution in [0.3, 0.4) is 0 Å². The quantitative estimate of drug-likeness (QED) is 0.825. The number of methoxy groups -OCH3 is 1. The molecule has 0 aliphatic rings. The molecule has 0 saturated heterocycles. The number of hydrogen-bond donors (Lipinski definition) is 2. The molecule has 0 spiro atoms. The maximum absolute atomic E-state index is 13.3. The largest absolute Gasteiger partial charge is 0.388 e. The van der Waals surface area contributed by atoms with Crippen LogP contribution in [0.25, 0.3) is 0 Å². The van der Waals surface area contributed by atoms with E-state index in [0.717, 1.165) is 0 Å². The summed E-state index contributed by atoms with van der Waals surface area (Å²) in [6.07, 6.45) is 0.409. The molecule has 0 aliphatic carbocycles. The average molecular weight is 269 g/mol. The van der Waals surface area contributed by atoms with Crippen LogP contribution in [0, 0.1) is 12.7 Å². The molecule has 4 nitrogen and oxygen atoms in total. The van der Waals surface area contributed by atoms with E-state index >= 15 is 0 Å². The lowest BCUT2D eigenvalue weighted by atomic mass is 10.0. The summed E-state index contributed by atoms with van der Waals surface area (Å²) in [5.41, 5.74) is -0.316. The lowest BCUT2D eigenvalue weighted by molar-refractivity contribution is 0.0243.